The maximum absolute atomic E-state index is 11.2. The van der Waals surface area contributed by atoms with Gasteiger partial charge in [0.1, 0.15) is 5.75 Å². The van der Waals surface area contributed by atoms with Crippen molar-refractivity contribution in [2.75, 3.05) is 0 Å². The molecule has 0 amide bonds. The first-order valence-electron chi connectivity index (χ1n) is 6.79. The summed E-state index contributed by atoms with van der Waals surface area (Å²) in [6.45, 7) is 0. The Hall–Kier alpha value is -3.13. The van der Waals surface area contributed by atoms with Gasteiger partial charge >= 0.3 is 0 Å². The molecular formula is C16H10N2O5S. The van der Waals surface area contributed by atoms with Crippen LogP contribution in [0.4, 0.5) is 11.4 Å². The number of benzene rings is 3. The minimum atomic E-state index is -0.669. The number of nitrogens with zero attached hydrogens (tertiary/aromatic N) is 2. The van der Waals surface area contributed by atoms with Crippen molar-refractivity contribution < 1.29 is 15.0 Å². The van der Waals surface area contributed by atoms with E-state index in [2.05, 4.69) is 0 Å². The van der Waals surface area contributed by atoms with E-state index >= 15 is 0 Å². The average molecular weight is 342 g/mol. The highest BCUT2D eigenvalue weighted by atomic mass is 32.2. The van der Waals surface area contributed by atoms with Crippen LogP contribution in [0.15, 0.2) is 64.4 Å². The molecule has 0 unspecified atom stereocenters. The smallest absolute Gasteiger partial charge is 0.290 e. The number of fused-ring (bicyclic) bond motifs is 1. The number of rotatable bonds is 4. The normalized spacial score (nSPS) is 10.7. The molecule has 3 rings (SSSR count). The summed E-state index contributed by atoms with van der Waals surface area (Å²) in [7, 11) is 0. The van der Waals surface area contributed by atoms with Crippen LogP contribution in [0.3, 0.4) is 0 Å². The van der Waals surface area contributed by atoms with Crippen molar-refractivity contribution in [1.82, 2.24) is 0 Å². The molecule has 0 spiro atoms. The molecule has 0 aromatic heterocycles. The summed E-state index contributed by atoms with van der Waals surface area (Å²) in [5.41, 5.74) is -0.659. The second-order valence-corrected chi connectivity index (χ2v) is 5.98. The van der Waals surface area contributed by atoms with E-state index < -0.39 is 9.85 Å². The van der Waals surface area contributed by atoms with Crippen molar-refractivity contribution in [3.05, 3.63) is 74.8 Å². The molecule has 0 atom stereocenters. The van der Waals surface area contributed by atoms with Gasteiger partial charge in [0, 0.05) is 16.3 Å². The number of hydrogen-bond acceptors (Lipinski definition) is 6. The fourth-order valence-corrected chi connectivity index (χ4v) is 3.35. The predicted molar refractivity (Wildman–Crippen MR) is 89.5 cm³/mol. The number of phenolic OH excluding ortho intramolecular Hbond substituents is 1. The van der Waals surface area contributed by atoms with Crippen LogP contribution in [0.25, 0.3) is 10.8 Å². The van der Waals surface area contributed by atoms with Gasteiger partial charge in [-0.25, -0.2) is 0 Å². The summed E-state index contributed by atoms with van der Waals surface area (Å²) in [4.78, 5) is 21.7. The monoisotopic (exact) mass is 342 g/mol. The van der Waals surface area contributed by atoms with Crippen molar-refractivity contribution in [3.63, 3.8) is 0 Å². The largest absolute Gasteiger partial charge is 0.507 e. The quantitative estimate of drug-likeness (QED) is 0.552. The third kappa shape index (κ3) is 2.86. The van der Waals surface area contributed by atoms with Gasteiger partial charge in [-0.2, -0.15) is 0 Å². The highest BCUT2D eigenvalue weighted by molar-refractivity contribution is 7.99. The molecule has 24 heavy (non-hydrogen) atoms. The molecule has 7 nitrogen and oxygen atoms in total. The molecule has 0 aliphatic rings. The molecule has 0 aliphatic heterocycles. The third-order valence-electron chi connectivity index (χ3n) is 3.43. The lowest BCUT2D eigenvalue weighted by Gasteiger charge is -2.08. The fraction of sp³-hybridized carbons (Fsp3) is 0. The molecule has 0 bridgehead atoms. The summed E-state index contributed by atoms with van der Waals surface area (Å²) in [5, 5.41) is 33.3. The minimum absolute atomic E-state index is 0.119. The third-order valence-corrected chi connectivity index (χ3v) is 4.57. The van der Waals surface area contributed by atoms with Crippen LogP contribution < -0.4 is 0 Å². The molecule has 1 N–H and O–H groups in total. The van der Waals surface area contributed by atoms with Gasteiger partial charge in [0.2, 0.25) is 0 Å². The highest BCUT2D eigenvalue weighted by Crippen LogP contribution is 2.41. The van der Waals surface area contributed by atoms with E-state index in [0.717, 1.165) is 23.2 Å². The van der Waals surface area contributed by atoms with Gasteiger partial charge < -0.3 is 5.11 Å². The van der Waals surface area contributed by atoms with Crippen molar-refractivity contribution in [1.29, 1.82) is 0 Å². The number of aromatic hydroxyl groups is 1. The predicted octanol–water partition coefficient (Wildman–Crippen LogP) is 4.51. The SMILES string of the molecule is O=[N+]([O-])c1ccc(Sc2ccc(O)c3ccccc23)c([N+](=O)[O-])c1. The molecule has 0 saturated carbocycles. The van der Waals surface area contributed by atoms with Gasteiger partial charge in [-0.05, 0) is 23.6 Å². The van der Waals surface area contributed by atoms with Crippen LogP contribution in [0, 0.1) is 20.2 Å². The zero-order valence-electron chi connectivity index (χ0n) is 12.1. The van der Waals surface area contributed by atoms with E-state index in [0.29, 0.717) is 15.2 Å². The summed E-state index contributed by atoms with van der Waals surface area (Å²) in [5.74, 6) is 0.119. The average Bonchev–Trinajstić information content (AvgIpc) is 2.57. The van der Waals surface area contributed by atoms with E-state index in [4.69, 9.17) is 0 Å². The molecule has 3 aromatic carbocycles. The van der Waals surface area contributed by atoms with Gasteiger partial charge in [-0.1, -0.05) is 36.0 Å². The molecule has 0 heterocycles. The van der Waals surface area contributed by atoms with Gasteiger partial charge in [-0.3, -0.25) is 20.2 Å². The van der Waals surface area contributed by atoms with E-state index in [-0.39, 0.29) is 17.1 Å². The Labute approximate surface area is 139 Å². The number of nitro benzene ring substituents is 2. The first-order chi connectivity index (χ1) is 11.5. The Morgan fingerprint density at radius 1 is 0.833 bits per heavy atom. The molecule has 0 aliphatic carbocycles. The molecule has 3 aromatic rings. The van der Waals surface area contributed by atoms with Crippen molar-refractivity contribution >= 4 is 33.9 Å². The van der Waals surface area contributed by atoms with Crippen LogP contribution in [0.5, 0.6) is 5.75 Å². The standard InChI is InChI=1S/C16H10N2O5S/c19-14-6-8-15(12-4-2-1-3-11(12)14)24-16-7-5-10(17(20)21)9-13(16)18(22)23/h1-9,19H. The molecule has 0 saturated heterocycles. The lowest BCUT2D eigenvalue weighted by molar-refractivity contribution is -0.396. The molecule has 0 fully saturated rings. The second kappa shape index (κ2) is 6.17. The van der Waals surface area contributed by atoms with Gasteiger partial charge in [0.15, 0.2) is 0 Å². The first kappa shape index (κ1) is 15.8. The van der Waals surface area contributed by atoms with E-state index in [1.54, 1.807) is 30.3 Å². The van der Waals surface area contributed by atoms with Gasteiger partial charge in [0.05, 0.1) is 20.8 Å². The summed E-state index contributed by atoms with van der Waals surface area (Å²) >= 11 is 1.13. The molecular weight excluding hydrogens is 332 g/mol. The van der Waals surface area contributed by atoms with Gasteiger partial charge in [0.25, 0.3) is 11.4 Å². The first-order valence-corrected chi connectivity index (χ1v) is 7.60. The Morgan fingerprint density at radius 3 is 2.17 bits per heavy atom. The Kier molecular flexibility index (Phi) is 4.05. The minimum Gasteiger partial charge on any atom is -0.507 e. The topological polar surface area (TPSA) is 107 Å². The zero-order valence-corrected chi connectivity index (χ0v) is 12.9. The Bertz CT molecular complexity index is 974. The van der Waals surface area contributed by atoms with Crippen LogP contribution in [-0.4, -0.2) is 15.0 Å². The van der Waals surface area contributed by atoms with Crippen LogP contribution in [0.2, 0.25) is 0 Å². The van der Waals surface area contributed by atoms with Crippen molar-refractivity contribution in [2.24, 2.45) is 0 Å². The van der Waals surface area contributed by atoms with Crippen LogP contribution in [0.1, 0.15) is 0 Å². The zero-order chi connectivity index (χ0) is 17.3. The highest BCUT2D eigenvalue weighted by Gasteiger charge is 2.21. The lowest BCUT2D eigenvalue weighted by atomic mass is 10.1. The maximum atomic E-state index is 11.2. The van der Waals surface area contributed by atoms with E-state index in [1.165, 1.54) is 18.2 Å². The molecule has 120 valence electrons. The second-order valence-electron chi connectivity index (χ2n) is 4.90. The number of nitro groups is 2. The van der Waals surface area contributed by atoms with Crippen molar-refractivity contribution in [3.8, 4) is 5.75 Å². The Balaban J connectivity index is 2.11. The fourth-order valence-electron chi connectivity index (χ4n) is 2.31. The van der Waals surface area contributed by atoms with Crippen LogP contribution in [-0.2, 0) is 0 Å². The van der Waals surface area contributed by atoms with Crippen molar-refractivity contribution in [2.45, 2.75) is 9.79 Å². The van der Waals surface area contributed by atoms with Gasteiger partial charge in [-0.15, -0.1) is 0 Å². The Morgan fingerprint density at radius 2 is 1.50 bits per heavy atom. The van der Waals surface area contributed by atoms with E-state index in [1.807, 2.05) is 0 Å². The number of phenols is 1. The van der Waals surface area contributed by atoms with Crippen LogP contribution >= 0.6 is 11.8 Å². The van der Waals surface area contributed by atoms with E-state index in [9.17, 15) is 25.3 Å². The number of non-ortho nitro benzene ring substituents is 1. The maximum Gasteiger partial charge on any atom is 0.290 e. The summed E-state index contributed by atoms with van der Waals surface area (Å²) in [6.07, 6.45) is 0. The molecule has 8 heteroatoms. The molecule has 0 radical (unpaired) electrons. The summed E-state index contributed by atoms with van der Waals surface area (Å²) in [6, 6.07) is 13.9. The number of hydrogen-bond donors (Lipinski definition) is 1. The summed E-state index contributed by atoms with van der Waals surface area (Å²) < 4.78 is 0. The lowest BCUT2D eigenvalue weighted by Crippen LogP contribution is -1.94.